The molecule has 2 atom stereocenters. The molecule has 0 saturated heterocycles. The lowest BCUT2D eigenvalue weighted by molar-refractivity contribution is 0.0162. The molecular formula is C13H14O7S. The van der Waals surface area contributed by atoms with Gasteiger partial charge in [-0.25, -0.2) is 8.98 Å². The molecule has 114 valence electrons. The van der Waals surface area contributed by atoms with Crippen molar-refractivity contribution in [1.29, 1.82) is 0 Å². The lowest BCUT2D eigenvalue weighted by atomic mass is 10.1. The highest BCUT2D eigenvalue weighted by Gasteiger charge is 2.29. The van der Waals surface area contributed by atoms with Crippen molar-refractivity contribution in [1.82, 2.24) is 0 Å². The Morgan fingerprint density at radius 2 is 2.00 bits per heavy atom. The summed E-state index contributed by atoms with van der Waals surface area (Å²) in [6, 6.07) is 7.94. The van der Waals surface area contributed by atoms with Gasteiger partial charge in [-0.15, -0.1) is 0 Å². The number of hydrogen-bond donors (Lipinski definition) is 2. The molecule has 0 aliphatic heterocycles. The van der Waals surface area contributed by atoms with E-state index >= 15 is 0 Å². The molecule has 2 unspecified atom stereocenters. The van der Waals surface area contributed by atoms with Crippen LogP contribution in [0.1, 0.15) is 25.2 Å². The molecule has 2 N–H and O–H groups in total. The summed E-state index contributed by atoms with van der Waals surface area (Å²) < 4.78 is 40.0. The first-order valence-corrected chi connectivity index (χ1v) is 7.55. The second-order valence-corrected chi connectivity index (χ2v) is 5.49. The van der Waals surface area contributed by atoms with Gasteiger partial charge in [0.05, 0.1) is 11.5 Å². The van der Waals surface area contributed by atoms with E-state index in [-0.39, 0.29) is 12.2 Å². The van der Waals surface area contributed by atoms with Crippen LogP contribution in [0.4, 0.5) is 0 Å². The summed E-state index contributed by atoms with van der Waals surface area (Å²) in [6.45, 7) is 1.59. The molecule has 1 heterocycles. The molecule has 0 radical (unpaired) electrons. The Morgan fingerprint density at radius 3 is 2.62 bits per heavy atom. The SMILES string of the molecule is CCC(O)C(OS(=O)(=O)O)c1cc2ccccc2c(=O)o1. The normalized spacial score (nSPS) is 15.0. The van der Waals surface area contributed by atoms with Crippen molar-refractivity contribution in [3.8, 4) is 0 Å². The molecule has 2 aromatic rings. The van der Waals surface area contributed by atoms with Gasteiger partial charge in [0.2, 0.25) is 0 Å². The van der Waals surface area contributed by atoms with Crippen LogP contribution >= 0.6 is 0 Å². The fourth-order valence-electron chi connectivity index (χ4n) is 1.94. The standard InChI is InChI=1S/C13H14O7S/c1-2-10(14)12(20-21(16,17)18)11-7-8-5-3-4-6-9(8)13(15)19-11/h3-7,10,12,14H,2H2,1H3,(H,16,17,18). The van der Waals surface area contributed by atoms with E-state index in [0.29, 0.717) is 10.8 Å². The molecule has 1 aromatic carbocycles. The highest BCUT2D eigenvalue weighted by atomic mass is 32.3. The Bertz CT molecular complexity index is 794. The van der Waals surface area contributed by atoms with Gasteiger partial charge >= 0.3 is 16.0 Å². The minimum absolute atomic E-state index is 0.136. The van der Waals surface area contributed by atoms with Crippen LogP contribution in [0.5, 0.6) is 0 Å². The zero-order valence-corrected chi connectivity index (χ0v) is 11.9. The first-order chi connectivity index (χ1) is 9.81. The van der Waals surface area contributed by atoms with Gasteiger partial charge in [0.1, 0.15) is 5.76 Å². The van der Waals surface area contributed by atoms with Gasteiger partial charge in [-0.2, -0.15) is 8.42 Å². The summed E-state index contributed by atoms with van der Waals surface area (Å²) in [5.41, 5.74) is -0.685. The third-order valence-corrected chi connectivity index (χ3v) is 3.41. The van der Waals surface area contributed by atoms with Crippen LogP contribution in [-0.4, -0.2) is 24.2 Å². The maximum absolute atomic E-state index is 11.9. The van der Waals surface area contributed by atoms with Crippen molar-refractivity contribution in [2.75, 3.05) is 0 Å². The van der Waals surface area contributed by atoms with Gasteiger partial charge in [-0.3, -0.25) is 4.55 Å². The Kier molecular flexibility index (Phi) is 4.43. The van der Waals surface area contributed by atoms with Gasteiger partial charge in [0.15, 0.2) is 6.10 Å². The van der Waals surface area contributed by atoms with Crippen LogP contribution in [0.25, 0.3) is 10.8 Å². The smallest absolute Gasteiger partial charge is 0.398 e. The summed E-state index contributed by atoms with van der Waals surface area (Å²) in [5.74, 6) is -0.175. The van der Waals surface area contributed by atoms with Crippen LogP contribution < -0.4 is 5.63 Å². The lowest BCUT2D eigenvalue weighted by Crippen LogP contribution is -2.24. The van der Waals surface area contributed by atoms with E-state index < -0.39 is 28.2 Å². The monoisotopic (exact) mass is 314 g/mol. The second-order valence-electron chi connectivity index (χ2n) is 4.44. The molecule has 0 aliphatic rings. The zero-order chi connectivity index (χ0) is 15.6. The topological polar surface area (TPSA) is 114 Å². The van der Waals surface area contributed by atoms with Crippen LogP contribution in [0.3, 0.4) is 0 Å². The summed E-state index contributed by atoms with van der Waals surface area (Å²) in [7, 11) is -4.81. The number of benzene rings is 1. The molecule has 0 fully saturated rings. The fraction of sp³-hybridized carbons (Fsp3) is 0.308. The molecular weight excluding hydrogens is 300 g/mol. The Labute approximate surface area is 120 Å². The quantitative estimate of drug-likeness (QED) is 0.802. The van der Waals surface area contributed by atoms with E-state index in [4.69, 9.17) is 8.97 Å². The summed E-state index contributed by atoms with van der Waals surface area (Å²) >= 11 is 0. The van der Waals surface area contributed by atoms with Crippen LogP contribution in [0, 0.1) is 0 Å². The van der Waals surface area contributed by atoms with Crippen LogP contribution in [0.2, 0.25) is 0 Å². The average Bonchev–Trinajstić information content (AvgIpc) is 2.43. The molecule has 8 heteroatoms. The number of rotatable bonds is 5. The minimum Gasteiger partial charge on any atom is -0.424 e. The van der Waals surface area contributed by atoms with Crippen molar-refractivity contribution in [3.05, 3.63) is 46.5 Å². The summed E-state index contributed by atoms with van der Waals surface area (Å²) in [4.78, 5) is 11.9. The van der Waals surface area contributed by atoms with Gasteiger partial charge in [0.25, 0.3) is 0 Å². The zero-order valence-electron chi connectivity index (χ0n) is 11.1. The highest BCUT2D eigenvalue weighted by Crippen LogP contribution is 2.26. The maximum Gasteiger partial charge on any atom is 0.398 e. The molecule has 1 aromatic heterocycles. The van der Waals surface area contributed by atoms with E-state index in [2.05, 4.69) is 4.18 Å². The Balaban J connectivity index is 2.57. The van der Waals surface area contributed by atoms with Crippen molar-refractivity contribution in [3.63, 3.8) is 0 Å². The molecule has 2 rings (SSSR count). The van der Waals surface area contributed by atoms with E-state index in [0.717, 1.165) is 0 Å². The number of aliphatic hydroxyl groups excluding tert-OH is 1. The van der Waals surface area contributed by atoms with Crippen molar-refractivity contribution >= 4 is 21.2 Å². The first kappa shape index (κ1) is 15.6. The first-order valence-electron chi connectivity index (χ1n) is 6.18. The Morgan fingerprint density at radius 1 is 1.33 bits per heavy atom. The predicted octanol–water partition coefficient (Wildman–Crippen LogP) is 1.42. The molecule has 0 aliphatic carbocycles. The fourth-order valence-corrected chi connectivity index (χ4v) is 2.43. The Hall–Kier alpha value is -1.74. The number of hydrogen-bond acceptors (Lipinski definition) is 6. The number of fused-ring (bicyclic) bond motifs is 1. The highest BCUT2D eigenvalue weighted by molar-refractivity contribution is 7.80. The van der Waals surface area contributed by atoms with Crippen molar-refractivity contribution in [2.45, 2.75) is 25.6 Å². The van der Waals surface area contributed by atoms with E-state index in [1.165, 1.54) is 6.07 Å². The maximum atomic E-state index is 11.9. The van der Waals surface area contributed by atoms with Crippen LogP contribution in [0.15, 0.2) is 39.5 Å². The van der Waals surface area contributed by atoms with Gasteiger partial charge < -0.3 is 9.52 Å². The predicted molar refractivity (Wildman–Crippen MR) is 74.2 cm³/mol. The van der Waals surface area contributed by atoms with Crippen LogP contribution in [-0.2, 0) is 14.6 Å². The van der Waals surface area contributed by atoms with E-state index in [1.807, 2.05) is 0 Å². The largest absolute Gasteiger partial charge is 0.424 e. The molecule has 0 saturated carbocycles. The molecule has 0 bridgehead atoms. The van der Waals surface area contributed by atoms with Crippen molar-refractivity contribution < 1.29 is 26.7 Å². The molecule has 21 heavy (non-hydrogen) atoms. The molecule has 0 amide bonds. The summed E-state index contributed by atoms with van der Waals surface area (Å²) in [5, 5.41) is 10.7. The number of aliphatic hydroxyl groups is 1. The van der Waals surface area contributed by atoms with Crippen molar-refractivity contribution in [2.24, 2.45) is 0 Å². The molecule has 7 nitrogen and oxygen atoms in total. The van der Waals surface area contributed by atoms with E-state index in [9.17, 15) is 18.3 Å². The van der Waals surface area contributed by atoms with Gasteiger partial charge in [-0.1, -0.05) is 25.1 Å². The van der Waals surface area contributed by atoms with E-state index in [1.54, 1.807) is 31.2 Å². The summed E-state index contributed by atoms with van der Waals surface area (Å²) in [6.07, 6.45) is -2.63. The third kappa shape index (κ3) is 3.67. The lowest BCUT2D eigenvalue weighted by Gasteiger charge is -2.19. The second kappa shape index (κ2) is 5.94. The minimum atomic E-state index is -4.81. The average molecular weight is 314 g/mol. The third-order valence-electron chi connectivity index (χ3n) is 2.96. The van der Waals surface area contributed by atoms with Gasteiger partial charge in [-0.05, 0) is 23.9 Å². The molecule has 0 spiro atoms. The van der Waals surface area contributed by atoms with Gasteiger partial charge in [0, 0.05) is 0 Å².